The first-order valence-electron chi connectivity index (χ1n) is 20.0. The number of ketones is 2. The molecule has 0 spiro atoms. The third-order valence-electron chi connectivity index (χ3n) is 9.87. The molecule has 348 valence electrons. The number of nitrogens with zero attached hydrogens (tertiary/aromatic N) is 2. The minimum atomic E-state index is -1.08. The lowest BCUT2D eigenvalue weighted by Crippen LogP contribution is -2.32. The quantitative estimate of drug-likeness (QED) is 0.0399. The van der Waals surface area contributed by atoms with Crippen LogP contribution in [0.3, 0.4) is 0 Å². The van der Waals surface area contributed by atoms with Gasteiger partial charge in [-0.15, -0.1) is 24.8 Å². The summed E-state index contributed by atoms with van der Waals surface area (Å²) >= 11 is 5.06. The van der Waals surface area contributed by atoms with Crippen molar-refractivity contribution >= 4 is 103 Å². The van der Waals surface area contributed by atoms with E-state index in [4.69, 9.17) is 11.6 Å². The number of halogens is 7. The van der Waals surface area contributed by atoms with Gasteiger partial charge in [-0.2, -0.15) is 0 Å². The predicted molar refractivity (Wildman–Crippen MR) is 257 cm³/mol. The Kier molecular flexibility index (Phi) is 22.7. The summed E-state index contributed by atoms with van der Waals surface area (Å²) < 4.78 is 51.7. The zero-order valence-corrected chi connectivity index (χ0v) is 39.0. The van der Waals surface area contributed by atoms with Crippen LogP contribution in [0.4, 0.5) is 17.6 Å². The van der Waals surface area contributed by atoms with Gasteiger partial charge in [0.1, 0.15) is 23.3 Å². The molecule has 4 heterocycles. The number of hydrogen-bond donors (Lipinski definition) is 5. The number of fused-ring (bicyclic) bond motifs is 4. The molecule has 0 saturated carbocycles. The van der Waals surface area contributed by atoms with Gasteiger partial charge in [0.25, 0.3) is 16.9 Å². The van der Waals surface area contributed by atoms with Crippen molar-refractivity contribution in [2.24, 2.45) is 0 Å². The molecular formula is C47H52Cl3F4N7O4. The number of rotatable bonds is 10. The molecule has 65 heavy (non-hydrogen) atoms. The fraction of sp³-hybridized carbons (Fsp3) is 0.234. The van der Waals surface area contributed by atoms with E-state index in [1.165, 1.54) is 77.5 Å². The molecule has 8 aromatic rings. The first-order chi connectivity index (χ1) is 30.1. The highest BCUT2D eigenvalue weighted by Gasteiger charge is 2.23. The molecule has 0 fully saturated rings. The minimum absolute atomic E-state index is 0. The largest absolute Gasteiger partial charge is 0.361 e. The SMILES string of the molecule is CCN(C)C(=O)C(=O)c1c[nH]c2ccc(F)cc12.CCN(C)CCc1c[nH]c2ccc(F)cc12.CCNC.Cl.Cl.Fc1ccc2[nH]ccc2c1.O=C(Cl)C(=O)c1c[nH]c2ccc(F)cc12. The van der Waals surface area contributed by atoms with Crippen molar-refractivity contribution in [3.8, 4) is 0 Å². The number of hydrogen-bond acceptors (Lipinski definition) is 6. The Hall–Kier alpha value is -5.97. The Morgan fingerprint density at radius 2 is 1.05 bits per heavy atom. The average molecular weight is 961 g/mol. The highest BCUT2D eigenvalue weighted by molar-refractivity contribution is 6.83. The fourth-order valence-electron chi connectivity index (χ4n) is 5.95. The predicted octanol–water partition coefficient (Wildman–Crippen LogP) is 10.4. The maximum atomic E-state index is 13.2. The van der Waals surface area contributed by atoms with Gasteiger partial charge in [-0.3, -0.25) is 19.2 Å². The van der Waals surface area contributed by atoms with Gasteiger partial charge < -0.3 is 35.1 Å². The summed E-state index contributed by atoms with van der Waals surface area (Å²) in [6.07, 6.45) is 7.51. The molecule has 4 aromatic heterocycles. The van der Waals surface area contributed by atoms with Crippen LogP contribution in [0.25, 0.3) is 43.6 Å². The Morgan fingerprint density at radius 1 is 0.600 bits per heavy atom. The topological polar surface area (TPSA) is 150 Å². The molecular weight excluding hydrogens is 909 g/mol. The molecule has 0 bridgehead atoms. The number of H-pyrrole nitrogens is 4. The number of carbonyl (C=O) groups excluding carboxylic acids is 4. The number of amides is 1. The van der Waals surface area contributed by atoms with Gasteiger partial charge in [0.2, 0.25) is 5.78 Å². The molecule has 0 aliphatic rings. The maximum Gasteiger partial charge on any atom is 0.294 e. The molecule has 0 aliphatic carbocycles. The van der Waals surface area contributed by atoms with Crippen LogP contribution in [0, 0.1) is 23.3 Å². The van der Waals surface area contributed by atoms with E-state index >= 15 is 0 Å². The second-order valence-corrected chi connectivity index (χ2v) is 14.4. The summed E-state index contributed by atoms with van der Waals surface area (Å²) in [4.78, 5) is 61.1. The number of nitrogens with one attached hydrogen (secondary N) is 5. The average Bonchev–Trinajstić information content (AvgIpc) is 4.11. The summed E-state index contributed by atoms with van der Waals surface area (Å²) in [5.74, 6) is -3.33. The van der Waals surface area contributed by atoms with E-state index in [0.29, 0.717) is 28.4 Å². The van der Waals surface area contributed by atoms with Crippen molar-refractivity contribution in [3.63, 3.8) is 0 Å². The number of likely N-dealkylation sites (N-methyl/N-ethyl adjacent to an activating group) is 2. The van der Waals surface area contributed by atoms with Crippen LogP contribution in [0.1, 0.15) is 47.1 Å². The van der Waals surface area contributed by atoms with Gasteiger partial charge in [-0.05, 0) is 137 Å². The molecule has 1 amide bonds. The lowest BCUT2D eigenvalue weighted by molar-refractivity contribution is -0.125. The second-order valence-electron chi connectivity index (χ2n) is 14.1. The number of benzene rings is 4. The third-order valence-corrected chi connectivity index (χ3v) is 10.0. The van der Waals surface area contributed by atoms with Crippen molar-refractivity contribution < 1.29 is 36.7 Å². The molecule has 0 unspecified atom stereocenters. The highest BCUT2D eigenvalue weighted by Crippen LogP contribution is 2.23. The molecule has 4 aromatic carbocycles. The van der Waals surface area contributed by atoms with Crippen LogP contribution in [-0.4, -0.2) is 99.8 Å². The lowest BCUT2D eigenvalue weighted by atomic mass is 10.1. The summed E-state index contributed by atoms with van der Waals surface area (Å²) in [6, 6.07) is 19.4. The molecule has 0 saturated heterocycles. The van der Waals surface area contributed by atoms with E-state index in [1.807, 2.05) is 19.3 Å². The molecule has 0 radical (unpaired) electrons. The molecule has 0 aliphatic heterocycles. The van der Waals surface area contributed by atoms with Crippen molar-refractivity contribution in [1.82, 2.24) is 35.1 Å². The summed E-state index contributed by atoms with van der Waals surface area (Å²) in [5.41, 5.74) is 4.68. The van der Waals surface area contributed by atoms with Crippen molar-refractivity contribution in [1.29, 1.82) is 0 Å². The van der Waals surface area contributed by atoms with E-state index in [-0.39, 0.29) is 47.6 Å². The Labute approximate surface area is 391 Å². The Bertz CT molecular complexity index is 2800. The zero-order chi connectivity index (χ0) is 46.2. The summed E-state index contributed by atoms with van der Waals surface area (Å²) in [7, 11) is 5.57. The Morgan fingerprint density at radius 3 is 1.52 bits per heavy atom. The summed E-state index contributed by atoms with van der Waals surface area (Å²) in [6.45, 7) is 9.53. The van der Waals surface area contributed by atoms with Crippen molar-refractivity contribution in [2.45, 2.75) is 27.2 Å². The highest BCUT2D eigenvalue weighted by atomic mass is 35.5. The fourth-order valence-corrected chi connectivity index (χ4v) is 6.05. The van der Waals surface area contributed by atoms with Gasteiger partial charge in [0, 0.05) is 88.5 Å². The molecule has 8 rings (SSSR count). The van der Waals surface area contributed by atoms with Crippen LogP contribution < -0.4 is 5.32 Å². The van der Waals surface area contributed by atoms with Gasteiger partial charge in [0.15, 0.2) is 0 Å². The smallest absolute Gasteiger partial charge is 0.294 e. The van der Waals surface area contributed by atoms with Crippen LogP contribution in [0.5, 0.6) is 0 Å². The molecule has 5 N–H and O–H groups in total. The van der Waals surface area contributed by atoms with Gasteiger partial charge in [0.05, 0.1) is 11.1 Å². The number of aromatic amines is 4. The van der Waals surface area contributed by atoms with Crippen LogP contribution in [0.2, 0.25) is 0 Å². The lowest BCUT2D eigenvalue weighted by Gasteiger charge is -2.12. The Balaban J connectivity index is 0.000000290. The molecule has 18 heteroatoms. The van der Waals surface area contributed by atoms with E-state index in [0.717, 1.165) is 47.9 Å². The van der Waals surface area contributed by atoms with Crippen molar-refractivity contribution in [3.05, 3.63) is 144 Å². The monoisotopic (exact) mass is 959 g/mol. The third kappa shape index (κ3) is 15.3. The number of Topliss-reactive ketones (excluding diaryl/α,β-unsaturated/α-hetero) is 2. The second kappa shape index (κ2) is 26.7. The molecule has 0 atom stereocenters. The van der Waals surface area contributed by atoms with Crippen LogP contribution in [0.15, 0.2) is 104 Å². The first-order valence-corrected chi connectivity index (χ1v) is 20.4. The van der Waals surface area contributed by atoms with Crippen LogP contribution >= 0.6 is 36.4 Å². The van der Waals surface area contributed by atoms with Gasteiger partial charge >= 0.3 is 0 Å². The van der Waals surface area contributed by atoms with Gasteiger partial charge in [-0.1, -0.05) is 13.8 Å². The maximum absolute atomic E-state index is 13.2. The normalized spacial score (nSPS) is 10.3. The standard InChI is InChI=1S/C13H13FN2O2.C13H17FN2.C10H5ClFNO2.C8H6FN.C3H9N.2ClH/c1-3-16(2)13(18)12(17)10-7-15-11-5-4-8(14)6-9(10)11;1-3-16(2)7-6-10-9-15-13-5-4-11(14)8-12(10)13;11-10(15)9(14)7-4-13-8-2-1-5(12)3-6(7)8;9-7-1-2-8-6(5-7)3-4-10-8;1-3-4-2;;/h4-7,15H,3H2,1-2H3;4-5,8-9,15H,3,6-7H2,1-2H3;1-4,13H;1-5,10H;4H,3H2,1-2H3;2*1H. The van der Waals surface area contributed by atoms with Crippen molar-refractivity contribution in [2.75, 3.05) is 47.3 Å². The van der Waals surface area contributed by atoms with E-state index in [1.54, 1.807) is 38.4 Å². The molecule has 11 nitrogen and oxygen atoms in total. The van der Waals surface area contributed by atoms with E-state index in [2.05, 4.69) is 51.0 Å². The summed E-state index contributed by atoms with van der Waals surface area (Å²) in [5, 5.41) is 4.55. The van der Waals surface area contributed by atoms with E-state index < -0.39 is 34.4 Å². The van der Waals surface area contributed by atoms with Gasteiger partial charge in [-0.25, -0.2) is 17.6 Å². The minimum Gasteiger partial charge on any atom is -0.361 e. The first kappa shape index (κ1) is 55.2. The van der Waals surface area contributed by atoms with E-state index in [9.17, 15) is 36.7 Å². The number of aromatic nitrogens is 4. The zero-order valence-electron chi connectivity index (χ0n) is 36.6. The van der Waals surface area contributed by atoms with Crippen LogP contribution in [-0.2, 0) is 16.0 Å². The number of carbonyl (C=O) groups is 4.